The molecule has 0 aliphatic carbocycles. The van der Waals surface area contributed by atoms with Gasteiger partial charge in [-0.05, 0) is 25.8 Å². The smallest absolute Gasteiger partial charge is 0.326 e. The Balaban J connectivity index is 4.75. The van der Waals surface area contributed by atoms with Crippen LogP contribution in [0.2, 0.25) is 0 Å². The van der Waals surface area contributed by atoms with Gasteiger partial charge < -0.3 is 10.0 Å². The summed E-state index contributed by atoms with van der Waals surface area (Å²) in [5.41, 5.74) is 0. The van der Waals surface area contributed by atoms with Crippen molar-refractivity contribution in [2.24, 2.45) is 0 Å². The number of carboxylic acids is 1. The molecule has 0 spiro atoms. The topological polar surface area (TPSA) is 57.6 Å². The zero-order valence-electron chi connectivity index (χ0n) is 9.56. The van der Waals surface area contributed by atoms with E-state index < -0.39 is 12.0 Å². The van der Waals surface area contributed by atoms with Crippen LogP contribution < -0.4 is 0 Å². The van der Waals surface area contributed by atoms with Gasteiger partial charge in [0.2, 0.25) is 5.91 Å². The van der Waals surface area contributed by atoms with Crippen molar-refractivity contribution < 1.29 is 14.7 Å². The van der Waals surface area contributed by atoms with Crippen molar-refractivity contribution in [3.63, 3.8) is 0 Å². The molecular formula is C11H19NO3. The number of carbonyl (C=O) groups excluding carboxylic acids is 1. The van der Waals surface area contributed by atoms with Gasteiger partial charge in [0.25, 0.3) is 0 Å². The van der Waals surface area contributed by atoms with E-state index in [-0.39, 0.29) is 5.91 Å². The number of allylic oxidation sites excluding steroid dienone is 1. The van der Waals surface area contributed by atoms with Gasteiger partial charge in [0, 0.05) is 6.54 Å². The van der Waals surface area contributed by atoms with Crippen molar-refractivity contribution >= 4 is 11.9 Å². The maximum atomic E-state index is 11.6. The number of hydrogen-bond acceptors (Lipinski definition) is 2. The van der Waals surface area contributed by atoms with E-state index in [1.54, 1.807) is 19.9 Å². The van der Waals surface area contributed by atoms with Crippen LogP contribution in [0.25, 0.3) is 0 Å². The molecule has 4 heteroatoms. The molecule has 0 aromatic carbocycles. The number of nitrogens with zero attached hydrogens (tertiary/aromatic N) is 1. The second kappa shape index (κ2) is 7.04. The quantitative estimate of drug-likeness (QED) is 0.683. The third-order valence-electron chi connectivity index (χ3n) is 2.10. The van der Waals surface area contributed by atoms with E-state index in [0.29, 0.717) is 13.0 Å². The summed E-state index contributed by atoms with van der Waals surface area (Å²) in [6, 6.07) is -0.714. The third-order valence-corrected chi connectivity index (χ3v) is 2.10. The number of amides is 1. The largest absolute Gasteiger partial charge is 0.480 e. The van der Waals surface area contributed by atoms with Crippen molar-refractivity contribution in [1.82, 2.24) is 4.90 Å². The van der Waals surface area contributed by atoms with E-state index in [1.807, 2.05) is 6.92 Å². The fourth-order valence-corrected chi connectivity index (χ4v) is 1.43. The monoisotopic (exact) mass is 213 g/mol. The van der Waals surface area contributed by atoms with Crippen molar-refractivity contribution in [1.29, 1.82) is 0 Å². The molecule has 0 saturated carbocycles. The average molecular weight is 213 g/mol. The molecule has 86 valence electrons. The molecule has 1 N–H and O–H groups in total. The molecule has 0 aromatic heterocycles. The summed E-state index contributed by atoms with van der Waals surface area (Å²) in [6.45, 7) is 5.91. The lowest BCUT2D eigenvalue weighted by Crippen LogP contribution is -2.44. The Morgan fingerprint density at radius 3 is 2.33 bits per heavy atom. The highest BCUT2D eigenvalue weighted by Crippen LogP contribution is 2.07. The molecule has 0 aliphatic rings. The minimum Gasteiger partial charge on any atom is -0.480 e. The fourth-order valence-electron chi connectivity index (χ4n) is 1.43. The molecule has 0 heterocycles. The highest BCUT2D eigenvalue weighted by atomic mass is 16.4. The minimum absolute atomic E-state index is 0.228. The zero-order valence-corrected chi connectivity index (χ0v) is 9.56. The second-order valence-electron chi connectivity index (χ2n) is 3.29. The molecule has 0 aromatic rings. The molecule has 1 atom stereocenters. The molecule has 0 radical (unpaired) electrons. The van der Waals surface area contributed by atoms with Crippen LogP contribution in [0.15, 0.2) is 12.2 Å². The molecular weight excluding hydrogens is 194 g/mol. The Kier molecular flexibility index (Phi) is 6.42. The van der Waals surface area contributed by atoms with E-state index >= 15 is 0 Å². The summed E-state index contributed by atoms with van der Waals surface area (Å²) in [7, 11) is 0. The normalized spacial score (nSPS) is 12.7. The van der Waals surface area contributed by atoms with E-state index in [4.69, 9.17) is 5.11 Å². The molecule has 0 fully saturated rings. The van der Waals surface area contributed by atoms with Crippen LogP contribution in [0.5, 0.6) is 0 Å². The summed E-state index contributed by atoms with van der Waals surface area (Å²) >= 11 is 0. The van der Waals surface area contributed by atoms with Gasteiger partial charge in [0.05, 0.1) is 0 Å². The second-order valence-corrected chi connectivity index (χ2v) is 3.29. The van der Waals surface area contributed by atoms with Gasteiger partial charge >= 0.3 is 5.97 Å². The van der Waals surface area contributed by atoms with Gasteiger partial charge in [-0.25, -0.2) is 4.79 Å². The average Bonchev–Trinajstić information content (AvgIpc) is 2.17. The van der Waals surface area contributed by atoms with Gasteiger partial charge in [0.1, 0.15) is 6.04 Å². The molecule has 1 amide bonds. The summed E-state index contributed by atoms with van der Waals surface area (Å²) < 4.78 is 0. The van der Waals surface area contributed by atoms with E-state index in [0.717, 1.165) is 6.42 Å². The van der Waals surface area contributed by atoms with Crippen molar-refractivity contribution in [2.75, 3.05) is 6.54 Å². The van der Waals surface area contributed by atoms with Crippen LogP contribution in [-0.4, -0.2) is 34.5 Å². The van der Waals surface area contributed by atoms with Crippen LogP contribution >= 0.6 is 0 Å². The standard InChI is InChI=1S/C11H19NO3/c1-4-7-10(13)12(8-5-2)9(6-3)11(14)15/h4,7,9H,5-6,8H2,1-3H3,(H,14,15)/b7-4+. The highest BCUT2D eigenvalue weighted by molar-refractivity contribution is 5.91. The van der Waals surface area contributed by atoms with Crippen molar-refractivity contribution in [2.45, 2.75) is 39.7 Å². The Labute approximate surface area is 90.6 Å². The number of rotatable bonds is 6. The first-order valence-corrected chi connectivity index (χ1v) is 5.24. The maximum Gasteiger partial charge on any atom is 0.326 e. The lowest BCUT2D eigenvalue weighted by Gasteiger charge is -2.26. The summed E-state index contributed by atoms with van der Waals surface area (Å²) in [5.74, 6) is -1.17. The van der Waals surface area contributed by atoms with Crippen molar-refractivity contribution in [3.8, 4) is 0 Å². The first kappa shape index (κ1) is 13.7. The van der Waals surface area contributed by atoms with Crippen LogP contribution in [0.4, 0.5) is 0 Å². The fraction of sp³-hybridized carbons (Fsp3) is 0.636. The zero-order chi connectivity index (χ0) is 11.8. The van der Waals surface area contributed by atoms with Gasteiger partial charge in [-0.1, -0.05) is 19.9 Å². The van der Waals surface area contributed by atoms with Crippen LogP contribution in [0, 0.1) is 0 Å². The van der Waals surface area contributed by atoms with Gasteiger partial charge in [0.15, 0.2) is 0 Å². The Bertz CT molecular complexity index is 248. The van der Waals surface area contributed by atoms with E-state index in [2.05, 4.69) is 0 Å². The molecule has 15 heavy (non-hydrogen) atoms. The van der Waals surface area contributed by atoms with E-state index in [9.17, 15) is 9.59 Å². The molecule has 0 saturated heterocycles. The number of carboxylic acid groups (broad SMARTS) is 1. The molecule has 4 nitrogen and oxygen atoms in total. The highest BCUT2D eigenvalue weighted by Gasteiger charge is 2.25. The van der Waals surface area contributed by atoms with Crippen LogP contribution in [-0.2, 0) is 9.59 Å². The molecule has 0 bridgehead atoms. The Morgan fingerprint density at radius 2 is 2.00 bits per heavy atom. The van der Waals surface area contributed by atoms with Gasteiger partial charge in [-0.15, -0.1) is 0 Å². The minimum atomic E-state index is -0.941. The number of hydrogen-bond donors (Lipinski definition) is 1. The molecule has 0 aliphatic heterocycles. The molecule has 0 rings (SSSR count). The lowest BCUT2D eigenvalue weighted by atomic mass is 10.1. The predicted molar refractivity (Wildman–Crippen MR) is 58.5 cm³/mol. The van der Waals surface area contributed by atoms with E-state index in [1.165, 1.54) is 11.0 Å². The lowest BCUT2D eigenvalue weighted by molar-refractivity contribution is -0.148. The van der Waals surface area contributed by atoms with Crippen molar-refractivity contribution in [3.05, 3.63) is 12.2 Å². The maximum absolute atomic E-state index is 11.6. The molecule has 1 unspecified atom stereocenters. The van der Waals surface area contributed by atoms with Crippen LogP contribution in [0.1, 0.15) is 33.6 Å². The van der Waals surface area contributed by atoms with Crippen LogP contribution in [0.3, 0.4) is 0 Å². The summed E-state index contributed by atoms with van der Waals surface area (Å²) in [6.07, 6.45) is 4.21. The Morgan fingerprint density at radius 1 is 1.40 bits per heavy atom. The summed E-state index contributed by atoms with van der Waals surface area (Å²) in [5, 5.41) is 8.97. The number of aliphatic carboxylic acids is 1. The van der Waals surface area contributed by atoms with Gasteiger partial charge in [-0.2, -0.15) is 0 Å². The third kappa shape index (κ3) is 4.14. The van der Waals surface area contributed by atoms with Gasteiger partial charge in [-0.3, -0.25) is 4.79 Å². The predicted octanol–water partition coefficient (Wildman–Crippen LogP) is 1.66. The summed E-state index contributed by atoms with van der Waals surface area (Å²) in [4.78, 5) is 24.0. The Hall–Kier alpha value is -1.32. The SMILES string of the molecule is C/C=C/C(=O)N(CCC)C(CC)C(=O)O. The first-order valence-electron chi connectivity index (χ1n) is 5.24. The first-order chi connectivity index (χ1) is 7.08. The number of carbonyl (C=O) groups is 2.